The largest absolute Gasteiger partial charge is 0.384 e. The summed E-state index contributed by atoms with van der Waals surface area (Å²) in [7, 11) is 0. The smallest absolute Gasteiger partial charge is 0.127 e. The second-order valence-corrected chi connectivity index (χ2v) is 3.57. The van der Waals surface area contributed by atoms with Crippen molar-refractivity contribution in [2.75, 3.05) is 5.73 Å². The van der Waals surface area contributed by atoms with Gasteiger partial charge in [-0.15, -0.1) is 6.42 Å². The second-order valence-electron chi connectivity index (χ2n) is 3.57. The molecule has 0 aliphatic heterocycles. The number of aromatic nitrogens is 2. The Balaban J connectivity index is 2.20. The van der Waals surface area contributed by atoms with Gasteiger partial charge in [0.2, 0.25) is 0 Å². The molecule has 1 heterocycles. The number of hydrogen-bond donors (Lipinski definition) is 1. The SMILES string of the molecule is C#CCn1cnc(Cc2ccccc2)c1N. The molecule has 16 heavy (non-hydrogen) atoms. The van der Waals surface area contributed by atoms with Crippen LogP contribution in [0.2, 0.25) is 0 Å². The van der Waals surface area contributed by atoms with Gasteiger partial charge in [0.25, 0.3) is 0 Å². The Kier molecular flexibility index (Phi) is 2.93. The van der Waals surface area contributed by atoms with E-state index in [0.717, 1.165) is 12.1 Å². The fraction of sp³-hybridized carbons (Fsp3) is 0.154. The maximum atomic E-state index is 5.94. The molecule has 80 valence electrons. The molecule has 0 bridgehead atoms. The van der Waals surface area contributed by atoms with Gasteiger partial charge in [-0.05, 0) is 5.56 Å². The molecule has 0 atom stereocenters. The van der Waals surface area contributed by atoms with Crippen LogP contribution in [0.4, 0.5) is 5.82 Å². The number of anilines is 1. The molecule has 0 saturated heterocycles. The number of hydrogen-bond acceptors (Lipinski definition) is 2. The minimum atomic E-state index is 0.466. The van der Waals surface area contributed by atoms with Gasteiger partial charge < -0.3 is 10.3 Å². The van der Waals surface area contributed by atoms with E-state index in [4.69, 9.17) is 12.2 Å². The van der Waals surface area contributed by atoms with E-state index in [1.807, 2.05) is 18.2 Å². The first-order valence-electron chi connectivity index (χ1n) is 5.08. The minimum Gasteiger partial charge on any atom is -0.384 e. The molecule has 1 aromatic carbocycles. The monoisotopic (exact) mass is 211 g/mol. The van der Waals surface area contributed by atoms with Gasteiger partial charge in [0, 0.05) is 6.42 Å². The van der Waals surface area contributed by atoms with Gasteiger partial charge in [-0.1, -0.05) is 36.3 Å². The number of nitrogen functional groups attached to an aromatic ring is 1. The van der Waals surface area contributed by atoms with Gasteiger partial charge in [0.05, 0.1) is 18.6 Å². The van der Waals surface area contributed by atoms with Crippen molar-refractivity contribution < 1.29 is 0 Å². The van der Waals surface area contributed by atoms with Gasteiger partial charge in [0.1, 0.15) is 5.82 Å². The predicted octanol–water partition coefficient (Wildman–Crippen LogP) is 1.69. The molecule has 3 nitrogen and oxygen atoms in total. The highest BCUT2D eigenvalue weighted by molar-refractivity contribution is 5.39. The molecule has 0 radical (unpaired) electrons. The van der Waals surface area contributed by atoms with E-state index in [1.165, 1.54) is 5.56 Å². The Labute approximate surface area is 94.9 Å². The predicted molar refractivity (Wildman–Crippen MR) is 64.7 cm³/mol. The van der Waals surface area contributed by atoms with Crippen LogP contribution in [0.5, 0.6) is 0 Å². The van der Waals surface area contributed by atoms with E-state index in [0.29, 0.717) is 12.4 Å². The summed E-state index contributed by atoms with van der Waals surface area (Å²) in [6.45, 7) is 0.466. The summed E-state index contributed by atoms with van der Waals surface area (Å²) in [6.07, 6.45) is 7.67. The number of terminal acetylenes is 1. The van der Waals surface area contributed by atoms with Crippen LogP contribution in [0, 0.1) is 12.3 Å². The Bertz CT molecular complexity index is 506. The third kappa shape index (κ3) is 2.06. The van der Waals surface area contributed by atoms with Crippen LogP contribution in [0.3, 0.4) is 0 Å². The van der Waals surface area contributed by atoms with Crippen molar-refractivity contribution in [2.24, 2.45) is 0 Å². The van der Waals surface area contributed by atoms with Crippen molar-refractivity contribution in [3.63, 3.8) is 0 Å². The summed E-state index contributed by atoms with van der Waals surface area (Å²) in [5.74, 6) is 3.20. The first-order valence-corrected chi connectivity index (χ1v) is 5.08. The van der Waals surface area contributed by atoms with E-state index in [2.05, 4.69) is 23.0 Å². The quantitative estimate of drug-likeness (QED) is 0.785. The average molecular weight is 211 g/mol. The second kappa shape index (κ2) is 4.54. The van der Waals surface area contributed by atoms with Crippen molar-refractivity contribution in [2.45, 2.75) is 13.0 Å². The minimum absolute atomic E-state index is 0.466. The van der Waals surface area contributed by atoms with Crippen molar-refractivity contribution in [1.29, 1.82) is 0 Å². The first-order chi connectivity index (χ1) is 7.81. The Morgan fingerprint density at radius 3 is 2.75 bits per heavy atom. The number of nitrogens with two attached hydrogens (primary N) is 1. The molecule has 1 aromatic heterocycles. The molecule has 0 saturated carbocycles. The molecule has 0 unspecified atom stereocenters. The molecule has 3 heteroatoms. The highest BCUT2D eigenvalue weighted by Gasteiger charge is 2.06. The van der Waals surface area contributed by atoms with E-state index in [9.17, 15) is 0 Å². The first kappa shape index (κ1) is 10.3. The summed E-state index contributed by atoms with van der Waals surface area (Å²) >= 11 is 0. The van der Waals surface area contributed by atoms with Crippen molar-refractivity contribution in [3.8, 4) is 12.3 Å². The van der Waals surface area contributed by atoms with Crippen LogP contribution in [0.25, 0.3) is 0 Å². The molecule has 0 fully saturated rings. The third-order valence-electron chi connectivity index (χ3n) is 2.43. The summed E-state index contributed by atoms with van der Waals surface area (Å²) in [4.78, 5) is 4.27. The van der Waals surface area contributed by atoms with E-state index >= 15 is 0 Å². The zero-order chi connectivity index (χ0) is 11.4. The van der Waals surface area contributed by atoms with Gasteiger partial charge in [-0.25, -0.2) is 4.98 Å². The number of rotatable bonds is 3. The summed E-state index contributed by atoms with van der Waals surface area (Å²) in [5.41, 5.74) is 8.01. The van der Waals surface area contributed by atoms with Crippen LogP contribution in [0.15, 0.2) is 36.7 Å². The number of benzene rings is 1. The molecular weight excluding hydrogens is 198 g/mol. The van der Waals surface area contributed by atoms with Gasteiger partial charge in [-0.2, -0.15) is 0 Å². The summed E-state index contributed by atoms with van der Waals surface area (Å²) in [5, 5.41) is 0. The fourth-order valence-corrected chi connectivity index (χ4v) is 1.58. The topological polar surface area (TPSA) is 43.8 Å². The normalized spacial score (nSPS) is 9.94. The van der Waals surface area contributed by atoms with Crippen molar-refractivity contribution in [1.82, 2.24) is 9.55 Å². The van der Waals surface area contributed by atoms with Crippen LogP contribution in [0.1, 0.15) is 11.3 Å². The van der Waals surface area contributed by atoms with Gasteiger partial charge in [0.15, 0.2) is 0 Å². The average Bonchev–Trinajstić information content (AvgIpc) is 2.64. The Hall–Kier alpha value is -2.21. The zero-order valence-corrected chi connectivity index (χ0v) is 8.93. The van der Waals surface area contributed by atoms with Crippen LogP contribution in [-0.2, 0) is 13.0 Å². The lowest BCUT2D eigenvalue weighted by molar-refractivity contribution is 0.851. The molecular formula is C13H13N3. The molecule has 0 amide bonds. The lowest BCUT2D eigenvalue weighted by Crippen LogP contribution is -2.02. The fourth-order valence-electron chi connectivity index (χ4n) is 1.58. The van der Waals surface area contributed by atoms with E-state index in [1.54, 1.807) is 10.9 Å². The van der Waals surface area contributed by atoms with Crippen LogP contribution in [-0.4, -0.2) is 9.55 Å². The van der Waals surface area contributed by atoms with Crippen molar-refractivity contribution in [3.05, 3.63) is 47.9 Å². The molecule has 0 spiro atoms. The third-order valence-corrected chi connectivity index (χ3v) is 2.43. The zero-order valence-electron chi connectivity index (χ0n) is 8.93. The maximum absolute atomic E-state index is 5.94. The molecule has 0 aliphatic rings. The lowest BCUT2D eigenvalue weighted by Gasteiger charge is -2.01. The highest BCUT2D eigenvalue weighted by atomic mass is 15.1. The highest BCUT2D eigenvalue weighted by Crippen LogP contribution is 2.14. The van der Waals surface area contributed by atoms with Gasteiger partial charge in [-0.3, -0.25) is 0 Å². The van der Waals surface area contributed by atoms with E-state index < -0.39 is 0 Å². The summed E-state index contributed by atoms with van der Waals surface area (Å²) in [6, 6.07) is 10.1. The van der Waals surface area contributed by atoms with Crippen LogP contribution < -0.4 is 5.73 Å². The van der Waals surface area contributed by atoms with Crippen molar-refractivity contribution >= 4 is 5.82 Å². The molecule has 0 aliphatic carbocycles. The number of imidazole rings is 1. The molecule has 2 N–H and O–H groups in total. The van der Waals surface area contributed by atoms with E-state index in [-0.39, 0.29) is 0 Å². The standard InChI is InChI=1S/C13H13N3/c1-2-8-16-10-15-12(13(16)14)9-11-6-4-3-5-7-11/h1,3-7,10H,8-9,14H2. The molecule has 2 aromatic rings. The van der Waals surface area contributed by atoms with Crippen LogP contribution >= 0.6 is 0 Å². The summed E-state index contributed by atoms with van der Waals surface area (Å²) < 4.78 is 1.78. The Morgan fingerprint density at radius 1 is 1.31 bits per heavy atom. The maximum Gasteiger partial charge on any atom is 0.127 e. The number of nitrogens with zero attached hydrogens (tertiary/aromatic N) is 2. The van der Waals surface area contributed by atoms with Gasteiger partial charge >= 0.3 is 0 Å². The molecule has 2 rings (SSSR count). The Morgan fingerprint density at radius 2 is 2.06 bits per heavy atom. The lowest BCUT2D eigenvalue weighted by atomic mass is 10.1.